The lowest BCUT2D eigenvalue weighted by Gasteiger charge is -2.27. The zero-order valence-electron chi connectivity index (χ0n) is 13.4. The molecule has 2 aliphatic heterocycles. The Morgan fingerprint density at radius 3 is 2.54 bits per heavy atom. The molecule has 0 unspecified atom stereocenters. The number of rotatable bonds is 2. The summed E-state index contributed by atoms with van der Waals surface area (Å²) in [5, 5.41) is -0.254. The topological polar surface area (TPSA) is 66.8 Å². The van der Waals surface area contributed by atoms with E-state index in [4.69, 9.17) is 0 Å². The number of fused-ring (bicyclic) bond motifs is 1. The summed E-state index contributed by atoms with van der Waals surface area (Å²) in [6.45, 7) is 0. The van der Waals surface area contributed by atoms with E-state index in [1.807, 2.05) is 0 Å². The first-order chi connectivity index (χ1) is 12.2. The third kappa shape index (κ3) is 3.24. The largest absolute Gasteiger partial charge is 0.418 e. The van der Waals surface area contributed by atoms with Crippen LogP contribution in [0.25, 0.3) is 0 Å². The van der Waals surface area contributed by atoms with Gasteiger partial charge in [0.25, 0.3) is 5.91 Å². The molecule has 10 heteroatoms. The van der Waals surface area contributed by atoms with E-state index in [0.717, 1.165) is 30.7 Å². The van der Waals surface area contributed by atoms with Gasteiger partial charge >= 0.3 is 6.18 Å². The van der Waals surface area contributed by atoms with Gasteiger partial charge in [-0.05, 0) is 25.0 Å². The summed E-state index contributed by atoms with van der Waals surface area (Å²) in [4.78, 5) is 17.5. The van der Waals surface area contributed by atoms with E-state index in [0.29, 0.717) is 0 Å². The Kier molecular flexibility index (Phi) is 4.11. The van der Waals surface area contributed by atoms with Gasteiger partial charge in [-0.3, -0.25) is 4.79 Å². The van der Waals surface area contributed by atoms with Crippen LogP contribution in [0.5, 0.6) is 0 Å². The predicted molar refractivity (Wildman–Crippen MR) is 92.9 cm³/mol. The fourth-order valence-corrected chi connectivity index (χ4v) is 7.20. The molecule has 5 nitrogen and oxygen atoms in total. The molecule has 0 bridgehead atoms. The van der Waals surface area contributed by atoms with E-state index >= 15 is 0 Å². The summed E-state index contributed by atoms with van der Waals surface area (Å²) in [6, 6.07) is 4.35. The number of halogens is 3. The molecule has 2 saturated heterocycles. The predicted octanol–water partition coefficient (Wildman–Crippen LogP) is 2.72. The fraction of sp³-hybridized carbons (Fsp3) is 0.500. The SMILES string of the molecule is O=C(N=C1S[C@H]2CS(=O)(=O)C[C@H]2N1c1ccccc1C(F)(F)F)C1CC1. The van der Waals surface area contributed by atoms with Crippen molar-refractivity contribution in [3.63, 3.8) is 0 Å². The third-order valence-electron chi connectivity index (χ3n) is 4.67. The molecule has 0 aromatic heterocycles. The minimum Gasteiger partial charge on any atom is -0.315 e. The second kappa shape index (κ2) is 5.98. The lowest BCUT2D eigenvalue weighted by Crippen LogP contribution is -2.39. The zero-order valence-corrected chi connectivity index (χ0v) is 15.1. The Hall–Kier alpha value is -1.55. The van der Waals surface area contributed by atoms with E-state index < -0.39 is 32.9 Å². The maximum atomic E-state index is 13.5. The highest BCUT2D eigenvalue weighted by atomic mass is 32.2. The van der Waals surface area contributed by atoms with Gasteiger partial charge < -0.3 is 4.90 Å². The first kappa shape index (κ1) is 17.8. The number of sulfone groups is 1. The molecule has 0 radical (unpaired) electrons. The van der Waals surface area contributed by atoms with Gasteiger partial charge in [0, 0.05) is 11.2 Å². The van der Waals surface area contributed by atoms with Crippen LogP contribution in [0.1, 0.15) is 18.4 Å². The van der Waals surface area contributed by atoms with Gasteiger partial charge in [0.2, 0.25) is 0 Å². The zero-order chi connectivity index (χ0) is 18.7. The Morgan fingerprint density at radius 2 is 1.88 bits per heavy atom. The van der Waals surface area contributed by atoms with E-state index in [1.54, 1.807) is 0 Å². The Labute approximate surface area is 152 Å². The molecular formula is C16H15F3N2O3S2. The molecule has 2 heterocycles. The highest BCUT2D eigenvalue weighted by Crippen LogP contribution is 2.45. The van der Waals surface area contributed by atoms with Crippen LogP contribution in [-0.4, -0.2) is 42.3 Å². The second-order valence-corrected chi connectivity index (χ2v) is 10.1. The number of aliphatic imine (C=N–C) groups is 1. The molecule has 140 valence electrons. The minimum atomic E-state index is -4.59. The number of hydrogen-bond donors (Lipinski definition) is 0. The molecule has 1 aliphatic carbocycles. The summed E-state index contributed by atoms with van der Waals surface area (Å²) in [5.41, 5.74) is -1.02. The minimum absolute atomic E-state index is 0.121. The normalized spacial score (nSPS) is 29.2. The van der Waals surface area contributed by atoms with E-state index in [2.05, 4.69) is 4.99 Å². The Morgan fingerprint density at radius 1 is 1.19 bits per heavy atom. The van der Waals surface area contributed by atoms with E-state index in [-0.39, 0.29) is 34.2 Å². The number of thioether (sulfide) groups is 1. The summed E-state index contributed by atoms with van der Waals surface area (Å²) < 4.78 is 64.4. The van der Waals surface area contributed by atoms with Gasteiger partial charge in [-0.1, -0.05) is 23.9 Å². The van der Waals surface area contributed by atoms with Crippen LogP contribution in [0, 0.1) is 5.92 Å². The van der Waals surface area contributed by atoms with Crippen molar-refractivity contribution in [1.29, 1.82) is 0 Å². The number of hydrogen-bond acceptors (Lipinski definition) is 4. The molecule has 0 spiro atoms. The van der Waals surface area contributed by atoms with Crippen LogP contribution in [0.15, 0.2) is 29.3 Å². The van der Waals surface area contributed by atoms with Crippen molar-refractivity contribution in [3.05, 3.63) is 29.8 Å². The van der Waals surface area contributed by atoms with Crippen LogP contribution in [-0.2, 0) is 20.8 Å². The summed E-state index contributed by atoms with van der Waals surface area (Å²) >= 11 is 1.09. The first-order valence-electron chi connectivity index (χ1n) is 8.11. The number of benzene rings is 1. The molecule has 26 heavy (non-hydrogen) atoms. The lowest BCUT2D eigenvalue weighted by molar-refractivity contribution is -0.137. The van der Waals surface area contributed by atoms with Gasteiger partial charge in [-0.2, -0.15) is 18.2 Å². The number of carbonyl (C=O) groups excluding carboxylic acids is 1. The number of nitrogens with zero attached hydrogens (tertiary/aromatic N) is 2. The molecule has 1 saturated carbocycles. The number of amidine groups is 1. The standard InChI is InChI=1S/C16H15F3N2O3S2/c17-16(18,19)10-3-1-2-4-11(10)21-12-7-26(23,24)8-13(12)25-15(21)20-14(22)9-5-6-9/h1-4,9,12-13H,5-8H2/t12-,13+/m1/s1. The first-order valence-corrected chi connectivity index (χ1v) is 10.8. The number of anilines is 1. The summed E-state index contributed by atoms with van der Waals surface area (Å²) in [5.74, 6) is -0.867. The van der Waals surface area contributed by atoms with Crippen LogP contribution in [0.2, 0.25) is 0 Å². The van der Waals surface area contributed by atoms with Crippen LogP contribution >= 0.6 is 11.8 Å². The average Bonchev–Trinajstić information content (AvgIpc) is 3.27. The molecular weight excluding hydrogens is 389 g/mol. The van der Waals surface area contributed by atoms with Crippen LogP contribution in [0.4, 0.5) is 18.9 Å². The molecule has 3 fully saturated rings. The van der Waals surface area contributed by atoms with Gasteiger partial charge in [-0.25, -0.2) is 8.42 Å². The highest BCUT2D eigenvalue weighted by molar-refractivity contribution is 8.16. The second-order valence-electron chi connectivity index (χ2n) is 6.69. The van der Waals surface area contributed by atoms with Gasteiger partial charge in [-0.15, -0.1) is 0 Å². The molecule has 2 atom stereocenters. The van der Waals surface area contributed by atoms with Crippen molar-refractivity contribution in [2.45, 2.75) is 30.3 Å². The number of alkyl halides is 3. The van der Waals surface area contributed by atoms with Crippen molar-refractivity contribution < 1.29 is 26.4 Å². The third-order valence-corrected chi connectivity index (χ3v) is 7.88. The smallest absolute Gasteiger partial charge is 0.315 e. The monoisotopic (exact) mass is 404 g/mol. The number of para-hydroxylation sites is 1. The van der Waals surface area contributed by atoms with Crippen molar-refractivity contribution in [2.75, 3.05) is 16.4 Å². The van der Waals surface area contributed by atoms with Crippen molar-refractivity contribution in [2.24, 2.45) is 10.9 Å². The molecule has 0 N–H and O–H groups in total. The fourth-order valence-electron chi connectivity index (χ4n) is 3.29. The van der Waals surface area contributed by atoms with Crippen LogP contribution < -0.4 is 4.90 Å². The lowest BCUT2D eigenvalue weighted by atomic mass is 10.1. The molecule has 1 amide bonds. The maximum Gasteiger partial charge on any atom is 0.418 e. The molecule has 1 aromatic carbocycles. The Balaban J connectivity index is 1.80. The van der Waals surface area contributed by atoms with Gasteiger partial charge in [0.05, 0.1) is 28.8 Å². The highest BCUT2D eigenvalue weighted by Gasteiger charge is 2.51. The quantitative estimate of drug-likeness (QED) is 0.758. The average molecular weight is 404 g/mol. The van der Waals surface area contributed by atoms with Gasteiger partial charge in [0.1, 0.15) is 0 Å². The van der Waals surface area contributed by atoms with Crippen molar-refractivity contribution >= 4 is 38.4 Å². The molecule has 1 aromatic rings. The number of amides is 1. The molecule has 4 rings (SSSR count). The number of carbonyl (C=O) groups is 1. The van der Waals surface area contributed by atoms with E-state index in [9.17, 15) is 26.4 Å². The summed E-state index contributed by atoms with van der Waals surface area (Å²) in [7, 11) is -3.33. The van der Waals surface area contributed by atoms with E-state index in [1.165, 1.54) is 23.1 Å². The summed E-state index contributed by atoms with van der Waals surface area (Å²) in [6.07, 6.45) is -3.12. The van der Waals surface area contributed by atoms with Crippen LogP contribution in [0.3, 0.4) is 0 Å². The maximum absolute atomic E-state index is 13.5. The van der Waals surface area contributed by atoms with Crippen molar-refractivity contribution in [1.82, 2.24) is 0 Å². The van der Waals surface area contributed by atoms with Crippen molar-refractivity contribution in [3.8, 4) is 0 Å². The Bertz CT molecular complexity index is 894. The molecule has 3 aliphatic rings. The van der Waals surface area contributed by atoms with Gasteiger partial charge in [0.15, 0.2) is 15.0 Å².